The molecule has 9 heteroatoms. The summed E-state index contributed by atoms with van der Waals surface area (Å²) in [5.41, 5.74) is 0.0372. The molecule has 114 valence electrons. The zero-order valence-electron chi connectivity index (χ0n) is 11.1. The Kier molecular flexibility index (Phi) is 4.34. The number of benzene rings is 1. The van der Waals surface area contributed by atoms with Gasteiger partial charge in [0.2, 0.25) is 20.0 Å². The van der Waals surface area contributed by atoms with E-state index in [-0.39, 0.29) is 23.5 Å². The quantitative estimate of drug-likeness (QED) is 0.836. The van der Waals surface area contributed by atoms with Gasteiger partial charge in [-0.25, -0.2) is 22.0 Å². The molecule has 0 spiro atoms. The highest BCUT2D eigenvalue weighted by Gasteiger charge is 2.35. The summed E-state index contributed by atoms with van der Waals surface area (Å²) >= 11 is 0. The molecule has 1 fully saturated rings. The molecule has 2 rings (SSSR count). The number of nitrogens with two attached hydrogens (primary N) is 1. The molecule has 0 radical (unpaired) electrons. The van der Waals surface area contributed by atoms with Gasteiger partial charge in [-0.15, -0.1) is 0 Å². The molecule has 0 amide bonds. The second-order valence-electron chi connectivity index (χ2n) is 4.82. The second-order valence-corrected chi connectivity index (χ2v) is 8.58. The Hall–Kier alpha value is -1.47. The van der Waals surface area contributed by atoms with E-state index in [1.54, 1.807) is 6.07 Å². The molecule has 1 atom stereocenters. The lowest BCUT2D eigenvalue weighted by atomic mass is 10.2. The van der Waals surface area contributed by atoms with Gasteiger partial charge in [-0.1, -0.05) is 12.1 Å². The van der Waals surface area contributed by atoms with Crippen LogP contribution in [0.5, 0.6) is 0 Å². The van der Waals surface area contributed by atoms with Crippen LogP contribution in [0.15, 0.2) is 29.2 Å². The largest absolute Gasteiger partial charge is 0.244 e. The molecule has 1 aliphatic heterocycles. The molecular weight excluding hydrogens is 314 g/mol. The summed E-state index contributed by atoms with van der Waals surface area (Å²) < 4.78 is 49.1. The summed E-state index contributed by atoms with van der Waals surface area (Å²) in [6.07, 6.45) is 0.750. The van der Waals surface area contributed by atoms with Crippen LogP contribution in [0.3, 0.4) is 0 Å². The van der Waals surface area contributed by atoms with Gasteiger partial charge in [0.25, 0.3) is 0 Å². The maximum atomic E-state index is 12.6. The lowest BCUT2D eigenvalue weighted by Crippen LogP contribution is -2.47. The van der Waals surface area contributed by atoms with Gasteiger partial charge in [0, 0.05) is 13.1 Å². The molecule has 1 aromatic rings. The highest BCUT2D eigenvalue weighted by molar-refractivity contribution is 7.90. The van der Waals surface area contributed by atoms with E-state index in [1.165, 1.54) is 18.2 Å². The molecule has 1 heterocycles. The minimum atomic E-state index is -3.91. The monoisotopic (exact) mass is 329 g/mol. The predicted molar refractivity (Wildman–Crippen MR) is 76.0 cm³/mol. The van der Waals surface area contributed by atoms with Crippen molar-refractivity contribution in [3.63, 3.8) is 0 Å². The minimum absolute atomic E-state index is 0.0372. The van der Waals surface area contributed by atoms with Crippen molar-refractivity contribution in [3.05, 3.63) is 29.8 Å². The Morgan fingerprint density at radius 2 is 1.90 bits per heavy atom. The number of piperidine rings is 1. The molecule has 0 aliphatic carbocycles. The minimum Gasteiger partial charge on any atom is -0.228 e. The van der Waals surface area contributed by atoms with Crippen LogP contribution in [0.1, 0.15) is 18.4 Å². The van der Waals surface area contributed by atoms with Gasteiger partial charge in [0.05, 0.1) is 15.7 Å². The molecule has 1 aromatic carbocycles. The maximum Gasteiger partial charge on any atom is 0.244 e. The number of nitrogens with zero attached hydrogens (tertiary/aromatic N) is 2. The van der Waals surface area contributed by atoms with E-state index in [4.69, 9.17) is 10.4 Å². The van der Waals surface area contributed by atoms with Crippen LogP contribution in [-0.2, 0) is 20.0 Å². The van der Waals surface area contributed by atoms with Crippen molar-refractivity contribution in [2.75, 3.05) is 13.1 Å². The first-order valence-electron chi connectivity index (χ1n) is 6.27. The number of rotatable bonds is 3. The van der Waals surface area contributed by atoms with E-state index in [2.05, 4.69) is 0 Å². The van der Waals surface area contributed by atoms with Crippen molar-refractivity contribution >= 4 is 20.0 Å². The Bertz CT molecular complexity index is 781. The first-order valence-corrected chi connectivity index (χ1v) is 9.32. The fourth-order valence-electron chi connectivity index (χ4n) is 2.31. The van der Waals surface area contributed by atoms with E-state index in [9.17, 15) is 16.8 Å². The highest BCUT2D eigenvalue weighted by Crippen LogP contribution is 2.24. The summed E-state index contributed by atoms with van der Waals surface area (Å²) in [6.45, 7) is 0.0368. The number of primary sulfonamides is 1. The third-order valence-electron chi connectivity index (χ3n) is 3.43. The van der Waals surface area contributed by atoms with Gasteiger partial charge in [0.15, 0.2) is 0 Å². The summed E-state index contributed by atoms with van der Waals surface area (Å²) in [5, 5.41) is 13.2. The highest BCUT2D eigenvalue weighted by atomic mass is 32.2. The van der Waals surface area contributed by atoms with Crippen molar-refractivity contribution < 1.29 is 16.8 Å². The molecular formula is C12H15N3O4S2. The lowest BCUT2D eigenvalue weighted by molar-refractivity contribution is 0.346. The van der Waals surface area contributed by atoms with Crippen LogP contribution in [0.25, 0.3) is 0 Å². The van der Waals surface area contributed by atoms with Crippen molar-refractivity contribution in [2.24, 2.45) is 5.14 Å². The van der Waals surface area contributed by atoms with E-state index >= 15 is 0 Å². The maximum absolute atomic E-state index is 12.6. The normalized spacial score (nSPS) is 20.9. The molecule has 0 aromatic heterocycles. The van der Waals surface area contributed by atoms with Gasteiger partial charge < -0.3 is 0 Å². The molecule has 0 bridgehead atoms. The van der Waals surface area contributed by atoms with E-state index in [0.717, 1.165) is 4.31 Å². The average molecular weight is 329 g/mol. The smallest absolute Gasteiger partial charge is 0.228 e. The Morgan fingerprint density at radius 1 is 1.24 bits per heavy atom. The first kappa shape index (κ1) is 15.9. The zero-order valence-corrected chi connectivity index (χ0v) is 12.8. The fraction of sp³-hybridized carbons (Fsp3) is 0.417. The van der Waals surface area contributed by atoms with Gasteiger partial charge in [-0.2, -0.15) is 9.57 Å². The Labute approximate surface area is 124 Å². The van der Waals surface area contributed by atoms with Crippen LogP contribution in [0, 0.1) is 11.3 Å². The van der Waals surface area contributed by atoms with Crippen LogP contribution >= 0.6 is 0 Å². The predicted octanol–water partition coefficient (Wildman–Crippen LogP) is -0.000120. The summed E-state index contributed by atoms with van der Waals surface area (Å²) in [7, 11) is -7.70. The van der Waals surface area contributed by atoms with Crippen molar-refractivity contribution in [1.82, 2.24) is 4.31 Å². The van der Waals surface area contributed by atoms with Crippen molar-refractivity contribution in [2.45, 2.75) is 23.0 Å². The second kappa shape index (κ2) is 5.73. The Morgan fingerprint density at radius 3 is 2.52 bits per heavy atom. The van der Waals surface area contributed by atoms with Gasteiger partial charge >= 0.3 is 0 Å². The topological polar surface area (TPSA) is 121 Å². The van der Waals surface area contributed by atoms with E-state index in [0.29, 0.717) is 12.8 Å². The third-order valence-corrected chi connectivity index (χ3v) is 6.67. The molecule has 1 saturated heterocycles. The van der Waals surface area contributed by atoms with Crippen LogP contribution < -0.4 is 5.14 Å². The average Bonchev–Trinajstić information content (AvgIpc) is 2.46. The van der Waals surface area contributed by atoms with Crippen LogP contribution in [0.4, 0.5) is 0 Å². The van der Waals surface area contributed by atoms with Gasteiger partial charge in [-0.05, 0) is 25.0 Å². The first-order chi connectivity index (χ1) is 9.76. The molecule has 7 nitrogen and oxygen atoms in total. The van der Waals surface area contributed by atoms with Crippen LogP contribution in [0.2, 0.25) is 0 Å². The number of hydrogen-bond acceptors (Lipinski definition) is 5. The van der Waals surface area contributed by atoms with Crippen LogP contribution in [-0.4, -0.2) is 39.5 Å². The molecule has 1 unspecified atom stereocenters. The number of hydrogen-bond donors (Lipinski definition) is 1. The van der Waals surface area contributed by atoms with E-state index in [1.807, 2.05) is 6.07 Å². The molecule has 21 heavy (non-hydrogen) atoms. The summed E-state index contributed by atoms with van der Waals surface area (Å²) in [4.78, 5) is -0.109. The SMILES string of the molecule is N#Cc1ccccc1S(=O)(=O)N1CCCC(S(N)(=O)=O)C1. The lowest BCUT2D eigenvalue weighted by Gasteiger charge is -2.30. The standard InChI is InChI=1S/C12H15N3O4S2/c13-8-10-4-1-2-6-12(10)21(18,19)15-7-3-5-11(9-15)20(14,16)17/h1-2,4,6,11H,3,5,7,9H2,(H2,14,16,17). The van der Waals surface area contributed by atoms with Gasteiger partial charge in [-0.3, -0.25) is 0 Å². The zero-order chi connectivity index (χ0) is 15.7. The van der Waals surface area contributed by atoms with Gasteiger partial charge in [0.1, 0.15) is 6.07 Å². The van der Waals surface area contributed by atoms with Crippen molar-refractivity contribution in [1.29, 1.82) is 5.26 Å². The summed E-state index contributed by atoms with van der Waals surface area (Å²) in [6, 6.07) is 7.68. The molecule has 0 saturated carbocycles. The molecule has 1 aliphatic rings. The Balaban J connectivity index is 2.38. The van der Waals surface area contributed by atoms with Crippen molar-refractivity contribution in [3.8, 4) is 6.07 Å². The summed E-state index contributed by atoms with van der Waals surface area (Å²) in [5.74, 6) is 0. The third kappa shape index (κ3) is 3.24. The van der Waals surface area contributed by atoms with E-state index < -0.39 is 25.3 Å². The number of nitriles is 1. The number of sulfonamides is 2. The fourth-order valence-corrected chi connectivity index (χ4v) is 4.96. The molecule has 2 N–H and O–H groups in total.